The van der Waals surface area contributed by atoms with Gasteiger partial charge in [-0.2, -0.15) is 4.98 Å². The van der Waals surface area contributed by atoms with E-state index in [0.29, 0.717) is 10.8 Å². The zero-order valence-electron chi connectivity index (χ0n) is 9.15. The minimum atomic E-state index is -0.554. The van der Waals surface area contributed by atoms with Gasteiger partial charge in [0.25, 0.3) is 0 Å². The molecule has 7 heteroatoms. The Morgan fingerprint density at radius 2 is 2.25 bits per heavy atom. The van der Waals surface area contributed by atoms with Gasteiger partial charge in [-0.05, 0) is 6.92 Å². The third kappa shape index (κ3) is 2.96. The zero-order valence-corrected chi connectivity index (χ0v) is 9.91. The Kier molecular flexibility index (Phi) is 4.30. The predicted molar refractivity (Wildman–Crippen MR) is 58.7 cm³/mol. The molecule has 0 saturated carbocycles. The van der Waals surface area contributed by atoms with Crippen LogP contribution in [0.5, 0.6) is 6.01 Å². The van der Waals surface area contributed by atoms with Gasteiger partial charge in [0.2, 0.25) is 0 Å². The predicted octanol–water partition coefficient (Wildman–Crippen LogP) is 1.11. The first-order chi connectivity index (χ1) is 7.58. The minimum Gasteiger partial charge on any atom is -0.467 e. The van der Waals surface area contributed by atoms with E-state index in [1.165, 1.54) is 20.4 Å². The summed E-state index contributed by atoms with van der Waals surface area (Å²) >= 11 is 5.85. The van der Waals surface area contributed by atoms with Gasteiger partial charge in [0.05, 0.1) is 20.4 Å². The van der Waals surface area contributed by atoms with Crippen molar-refractivity contribution in [2.45, 2.75) is 13.0 Å². The van der Waals surface area contributed by atoms with Gasteiger partial charge < -0.3 is 14.8 Å². The molecule has 1 aromatic heterocycles. The lowest BCUT2D eigenvalue weighted by Gasteiger charge is -2.13. The van der Waals surface area contributed by atoms with E-state index in [-0.39, 0.29) is 6.01 Å². The largest absolute Gasteiger partial charge is 0.467 e. The SMILES string of the molecule is COC(=O)C(C)Nc1nc(OC)ncc1Cl. The summed E-state index contributed by atoms with van der Waals surface area (Å²) in [6.45, 7) is 1.64. The second kappa shape index (κ2) is 5.50. The second-order valence-electron chi connectivity index (χ2n) is 2.94. The number of carbonyl (C=O) groups is 1. The van der Waals surface area contributed by atoms with Crippen molar-refractivity contribution in [3.8, 4) is 6.01 Å². The van der Waals surface area contributed by atoms with E-state index in [4.69, 9.17) is 16.3 Å². The number of rotatable bonds is 4. The Bertz CT molecular complexity index is 386. The lowest BCUT2D eigenvalue weighted by Crippen LogP contribution is -2.27. The fourth-order valence-corrected chi connectivity index (χ4v) is 1.14. The number of ether oxygens (including phenoxy) is 2. The molecule has 16 heavy (non-hydrogen) atoms. The summed E-state index contributed by atoms with van der Waals surface area (Å²) in [6.07, 6.45) is 1.39. The average Bonchev–Trinajstić information content (AvgIpc) is 2.30. The van der Waals surface area contributed by atoms with E-state index in [9.17, 15) is 4.79 Å². The Morgan fingerprint density at radius 1 is 1.56 bits per heavy atom. The van der Waals surface area contributed by atoms with Crippen LogP contribution in [0.4, 0.5) is 5.82 Å². The van der Waals surface area contributed by atoms with Crippen molar-refractivity contribution in [2.24, 2.45) is 0 Å². The molecular formula is C9H12ClN3O3. The van der Waals surface area contributed by atoms with E-state index in [1.807, 2.05) is 0 Å². The molecule has 0 aliphatic heterocycles. The molecule has 0 aliphatic rings. The normalized spacial score (nSPS) is 11.8. The minimum absolute atomic E-state index is 0.170. The van der Waals surface area contributed by atoms with E-state index in [1.54, 1.807) is 6.92 Å². The number of hydrogen-bond acceptors (Lipinski definition) is 6. The number of hydrogen-bond donors (Lipinski definition) is 1. The van der Waals surface area contributed by atoms with Crippen molar-refractivity contribution in [3.05, 3.63) is 11.2 Å². The molecule has 0 radical (unpaired) electrons. The second-order valence-corrected chi connectivity index (χ2v) is 3.35. The summed E-state index contributed by atoms with van der Waals surface area (Å²) in [7, 11) is 2.75. The summed E-state index contributed by atoms with van der Waals surface area (Å²) in [6, 6.07) is -0.383. The highest BCUT2D eigenvalue weighted by atomic mass is 35.5. The highest BCUT2D eigenvalue weighted by molar-refractivity contribution is 6.32. The number of esters is 1. The number of nitrogens with zero attached hydrogens (tertiary/aromatic N) is 2. The Hall–Kier alpha value is -1.56. The lowest BCUT2D eigenvalue weighted by atomic mass is 10.3. The first-order valence-corrected chi connectivity index (χ1v) is 4.87. The monoisotopic (exact) mass is 245 g/mol. The third-order valence-corrected chi connectivity index (χ3v) is 2.09. The van der Waals surface area contributed by atoms with Crippen LogP contribution in [-0.2, 0) is 9.53 Å². The molecule has 1 N–H and O–H groups in total. The molecule has 1 rings (SSSR count). The van der Waals surface area contributed by atoms with Gasteiger partial charge in [0.1, 0.15) is 11.1 Å². The summed E-state index contributed by atoms with van der Waals surface area (Å²) in [5.74, 6) is -0.0833. The molecule has 0 bridgehead atoms. The topological polar surface area (TPSA) is 73.3 Å². The average molecular weight is 246 g/mol. The van der Waals surface area contributed by atoms with Crippen molar-refractivity contribution in [1.29, 1.82) is 0 Å². The number of nitrogens with one attached hydrogen (secondary N) is 1. The number of carbonyl (C=O) groups excluding carboxylic acids is 1. The molecular weight excluding hydrogens is 234 g/mol. The molecule has 0 saturated heterocycles. The van der Waals surface area contributed by atoms with E-state index in [2.05, 4.69) is 20.0 Å². The van der Waals surface area contributed by atoms with Gasteiger partial charge >= 0.3 is 12.0 Å². The maximum Gasteiger partial charge on any atom is 0.328 e. The first kappa shape index (κ1) is 12.5. The fraction of sp³-hybridized carbons (Fsp3) is 0.444. The van der Waals surface area contributed by atoms with Crippen LogP contribution in [0, 0.1) is 0 Å². The summed E-state index contributed by atoms with van der Waals surface area (Å²) in [5.41, 5.74) is 0. The molecule has 1 atom stereocenters. The van der Waals surface area contributed by atoms with Crippen LogP contribution in [0.1, 0.15) is 6.92 Å². The number of anilines is 1. The van der Waals surface area contributed by atoms with Crippen LogP contribution in [0.15, 0.2) is 6.20 Å². The maximum absolute atomic E-state index is 11.2. The third-order valence-electron chi connectivity index (χ3n) is 1.81. The zero-order chi connectivity index (χ0) is 12.1. The van der Waals surface area contributed by atoms with Crippen molar-refractivity contribution < 1.29 is 14.3 Å². The van der Waals surface area contributed by atoms with Crippen LogP contribution < -0.4 is 10.1 Å². The van der Waals surface area contributed by atoms with E-state index in [0.717, 1.165) is 0 Å². The lowest BCUT2D eigenvalue weighted by molar-refractivity contribution is -0.141. The molecule has 1 aromatic rings. The van der Waals surface area contributed by atoms with Crippen molar-refractivity contribution in [1.82, 2.24) is 9.97 Å². The van der Waals surface area contributed by atoms with Crippen molar-refractivity contribution >= 4 is 23.4 Å². The van der Waals surface area contributed by atoms with Crippen LogP contribution in [0.25, 0.3) is 0 Å². The molecule has 88 valence electrons. The van der Waals surface area contributed by atoms with E-state index < -0.39 is 12.0 Å². The molecule has 1 unspecified atom stereocenters. The van der Waals surface area contributed by atoms with Crippen LogP contribution in [0.3, 0.4) is 0 Å². The molecule has 0 spiro atoms. The smallest absolute Gasteiger partial charge is 0.328 e. The molecule has 0 amide bonds. The van der Waals surface area contributed by atoms with Gasteiger partial charge in [-0.15, -0.1) is 0 Å². The Labute approximate surface area is 97.9 Å². The molecule has 1 heterocycles. The maximum atomic E-state index is 11.2. The molecule has 6 nitrogen and oxygen atoms in total. The standard InChI is InChI=1S/C9H12ClN3O3/c1-5(8(14)15-2)12-7-6(10)4-11-9(13-7)16-3/h4-5H,1-3H3,(H,11,12,13). The molecule has 0 aliphatic carbocycles. The van der Waals surface area contributed by atoms with Crippen molar-refractivity contribution in [2.75, 3.05) is 19.5 Å². The van der Waals surface area contributed by atoms with Crippen molar-refractivity contribution in [3.63, 3.8) is 0 Å². The first-order valence-electron chi connectivity index (χ1n) is 4.49. The highest BCUT2D eigenvalue weighted by Gasteiger charge is 2.15. The Balaban J connectivity index is 2.83. The highest BCUT2D eigenvalue weighted by Crippen LogP contribution is 2.20. The van der Waals surface area contributed by atoms with Gasteiger partial charge in [-0.3, -0.25) is 0 Å². The Morgan fingerprint density at radius 3 is 2.81 bits per heavy atom. The summed E-state index contributed by atoms with van der Waals surface area (Å²) in [4.78, 5) is 19.0. The number of methoxy groups -OCH3 is 2. The van der Waals surface area contributed by atoms with Crippen LogP contribution >= 0.6 is 11.6 Å². The van der Waals surface area contributed by atoms with Crippen LogP contribution in [0.2, 0.25) is 5.02 Å². The molecule has 0 aromatic carbocycles. The van der Waals surface area contributed by atoms with Gasteiger partial charge in [0, 0.05) is 0 Å². The number of aromatic nitrogens is 2. The summed E-state index contributed by atoms with van der Waals surface area (Å²) < 4.78 is 9.40. The fourth-order valence-electron chi connectivity index (χ4n) is 0.991. The van der Waals surface area contributed by atoms with E-state index >= 15 is 0 Å². The summed E-state index contributed by atoms with van der Waals surface area (Å²) in [5, 5.41) is 3.10. The molecule has 0 fully saturated rings. The quantitative estimate of drug-likeness (QED) is 0.801. The van der Waals surface area contributed by atoms with Gasteiger partial charge in [-0.25, -0.2) is 9.78 Å². The van der Waals surface area contributed by atoms with Gasteiger partial charge in [0.15, 0.2) is 5.82 Å². The van der Waals surface area contributed by atoms with Crippen LogP contribution in [-0.4, -0.2) is 36.2 Å². The number of halogens is 1. The van der Waals surface area contributed by atoms with Gasteiger partial charge in [-0.1, -0.05) is 11.6 Å².